The molecular formula is C24H12Cl2. The summed E-state index contributed by atoms with van der Waals surface area (Å²) in [6.07, 6.45) is 5.86. The van der Waals surface area contributed by atoms with Gasteiger partial charge in [0.2, 0.25) is 0 Å². The lowest BCUT2D eigenvalue weighted by Crippen LogP contribution is -1.87. The molecule has 0 aromatic heterocycles. The molecule has 0 unspecified atom stereocenters. The first-order chi connectivity index (χ1) is 12.5. The maximum Gasteiger partial charge on any atom is 0.0491 e. The first-order valence-corrected chi connectivity index (χ1v) is 9.31. The third-order valence-corrected chi connectivity index (χ3v) is 6.58. The van der Waals surface area contributed by atoms with Crippen molar-refractivity contribution in [3.8, 4) is 12.3 Å². The Balaban J connectivity index is 2.20. The molecule has 6 rings (SSSR count). The number of hydrogen-bond donors (Lipinski definition) is 0. The highest BCUT2D eigenvalue weighted by Gasteiger charge is 2.25. The van der Waals surface area contributed by atoms with Crippen LogP contribution in [0.5, 0.6) is 0 Å². The van der Waals surface area contributed by atoms with Crippen LogP contribution in [0.4, 0.5) is 0 Å². The van der Waals surface area contributed by atoms with Gasteiger partial charge < -0.3 is 0 Å². The van der Waals surface area contributed by atoms with Crippen molar-refractivity contribution in [2.45, 2.75) is 13.8 Å². The molecular weight excluding hydrogens is 359 g/mol. The molecule has 0 aliphatic heterocycles. The molecule has 0 heterocycles. The average molecular weight is 371 g/mol. The summed E-state index contributed by atoms with van der Waals surface area (Å²) in [4.78, 5) is 0. The molecule has 0 atom stereocenters. The van der Waals surface area contributed by atoms with Crippen LogP contribution in [0.1, 0.15) is 16.7 Å². The van der Waals surface area contributed by atoms with Crippen molar-refractivity contribution < 1.29 is 0 Å². The summed E-state index contributed by atoms with van der Waals surface area (Å²) in [5.41, 5.74) is 3.38. The van der Waals surface area contributed by atoms with Crippen molar-refractivity contribution in [2.24, 2.45) is 0 Å². The van der Waals surface area contributed by atoms with Crippen LogP contribution in [0.3, 0.4) is 0 Å². The molecule has 0 nitrogen and oxygen atoms in total. The molecule has 0 fully saturated rings. The Morgan fingerprint density at radius 3 is 1.65 bits per heavy atom. The lowest BCUT2D eigenvalue weighted by molar-refractivity contribution is 1.52. The molecule has 122 valence electrons. The van der Waals surface area contributed by atoms with E-state index in [9.17, 15) is 0 Å². The minimum absolute atomic E-state index is 0.699. The number of terminal acetylenes is 1. The minimum Gasteiger partial charge on any atom is -0.115 e. The maximum absolute atomic E-state index is 6.68. The van der Waals surface area contributed by atoms with Crippen molar-refractivity contribution in [3.05, 3.63) is 57.1 Å². The topological polar surface area (TPSA) is 0 Å². The molecule has 0 saturated heterocycles. The van der Waals surface area contributed by atoms with Crippen LogP contribution in [0.25, 0.3) is 53.9 Å². The van der Waals surface area contributed by atoms with Crippen molar-refractivity contribution in [1.82, 2.24) is 0 Å². The van der Waals surface area contributed by atoms with Crippen LogP contribution in [-0.2, 0) is 0 Å². The second-order valence-electron chi connectivity index (χ2n) is 7.28. The van der Waals surface area contributed by atoms with Gasteiger partial charge in [-0.1, -0.05) is 35.2 Å². The summed E-state index contributed by atoms with van der Waals surface area (Å²) >= 11 is 13.3. The van der Waals surface area contributed by atoms with E-state index < -0.39 is 0 Å². The van der Waals surface area contributed by atoms with E-state index in [0.717, 1.165) is 26.7 Å². The molecule has 6 aromatic rings. The quantitative estimate of drug-likeness (QED) is 0.190. The van der Waals surface area contributed by atoms with Crippen molar-refractivity contribution in [1.29, 1.82) is 0 Å². The second kappa shape index (κ2) is 4.44. The largest absolute Gasteiger partial charge is 0.115 e. The van der Waals surface area contributed by atoms with Crippen LogP contribution in [0, 0.1) is 26.2 Å². The highest BCUT2D eigenvalue weighted by molar-refractivity contribution is 6.51. The maximum atomic E-state index is 6.68. The molecule has 26 heavy (non-hydrogen) atoms. The third kappa shape index (κ3) is 1.44. The smallest absolute Gasteiger partial charge is 0.0491 e. The number of halogens is 2. The first kappa shape index (κ1) is 14.7. The zero-order chi connectivity index (χ0) is 17.9. The monoisotopic (exact) mass is 370 g/mol. The summed E-state index contributed by atoms with van der Waals surface area (Å²) in [6.45, 7) is 4.32. The second-order valence-corrected chi connectivity index (χ2v) is 8.10. The first-order valence-electron chi connectivity index (χ1n) is 8.55. The summed E-state index contributed by atoms with van der Waals surface area (Å²) in [6, 6.07) is 10.6. The molecule has 0 N–H and O–H groups in total. The Morgan fingerprint density at radius 1 is 0.615 bits per heavy atom. The summed E-state index contributed by atoms with van der Waals surface area (Å²) < 4.78 is 0. The van der Waals surface area contributed by atoms with E-state index in [1.165, 1.54) is 48.8 Å². The fraction of sp³-hybridized carbons (Fsp3) is 0.0833. The predicted octanol–water partition coefficient (Wildman–Crippen LogP) is 7.67. The van der Waals surface area contributed by atoms with Crippen molar-refractivity contribution in [2.75, 3.05) is 0 Å². The summed E-state index contributed by atoms with van der Waals surface area (Å²) in [7, 11) is 0. The van der Waals surface area contributed by atoms with Crippen LogP contribution < -0.4 is 0 Å². The Labute approximate surface area is 160 Å². The van der Waals surface area contributed by atoms with Crippen molar-refractivity contribution >= 4 is 77.1 Å². The number of hydrogen-bond acceptors (Lipinski definition) is 0. The van der Waals surface area contributed by atoms with Gasteiger partial charge in [0.1, 0.15) is 0 Å². The minimum atomic E-state index is 0.699. The zero-order valence-electron chi connectivity index (χ0n) is 14.2. The van der Waals surface area contributed by atoms with E-state index in [4.69, 9.17) is 29.6 Å². The molecule has 0 bridgehead atoms. The Hall–Kier alpha value is -2.46. The Bertz CT molecular complexity index is 1530. The SMILES string of the molecule is C#Cc1cc2c(C)cc3c(C)cc4c(Cl)cc5c(Cl)cc1c1c2c3c4c51. The average Bonchev–Trinajstić information content (AvgIpc) is 2.97. The molecule has 0 saturated carbocycles. The van der Waals surface area contributed by atoms with E-state index >= 15 is 0 Å². The Kier molecular flexibility index (Phi) is 2.51. The van der Waals surface area contributed by atoms with Crippen LogP contribution in [0.2, 0.25) is 10.0 Å². The zero-order valence-corrected chi connectivity index (χ0v) is 15.7. The number of aryl methyl sites for hydroxylation is 2. The van der Waals surface area contributed by atoms with Gasteiger partial charge in [0.05, 0.1) is 0 Å². The Morgan fingerprint density at radius 2 is 1.04 bits per heavy atom. The lowest BCUT2D eigenvalue weighted by atomic mass is 9.92. The van der Waals surface area contributed by atoms with E-state index in [1.54, 1.807) is 0 Å². The van der Waals surface area contributed by atoms with Gasteiger partial charge in [-0.25, -0.2) is 0 Å². The van der Waals surface area contributed by atoms with Gasteiger partial charge in [0.25, 0.3) is 0 Å². The molecule has 0 spiro atoms. The molecule has 0 aliphatic carbocycles. The number of benzene rings is 5. The van der Waals surface area contributed by atoms with E-state index in [2.05, 4.69) is 38.0 Å². The van der Waals surface area contributed by atoms with Crippen LogP contribution in [-0.4, -0.2) is 0 Å². The van der Waals surface area contributed by atoms with Crippen LogP contribution in [0.15, 0.2) is 30.3 Å². The van der Waals surface area contributed by atoms with Gasteiger partial charge in [0.15, 0.2) is 0 Å². The summed E-state index contributed by atoms with van der Waals surface area (Å²) in [5, 5.41) is 13.3. The molecule has 2 heteroatoms. The molecule has 0 aliphatic rings. The van der Waals surface area contributed by atoms with Gasteiger partial charge in [-0.05, 0) is 76.2 Å². The van der Waals surface area contributed by atoms with Crippen LogP contribution >= 0.6 is 23.2 Å². The third-order valence-electron chi connectivity index (χ3n) is 5.96. The van der Waals surface area contributed by atoms with Gasteiger partial charge in [-0.2, -0.15) is 0 Å². The number of rotatable bonds is 0. The van der Waals surface area contributed by atoms with E-state index in [0.29, 0.717) is 5.02 Å². The normalized spacial score (nSPS) is 12.6. The highest BCUT2D eigenvalue weighted by atomic mass is 35.5. The molecule has 0 amide bonds. The highest BCUT2D eigenvalue weighted by Crippen LogP contribution is 2.52. The van der Waals surface area contributed by atoms with Gasteiger partial charge >= 0.3 is 0 Å². The molecule has 0 radical (unpaired) electrons. The fourth-order valence-electron chi connectivity index (χ4n) is 4.88. The van der Waals surface area contributed by atoms with Crippen molar-refractivity contribution in [3.63, 3.8) is 0 Å². The van der Waals surface area contributed by atoms with E-state index in [-0.39, 0.29) is 0 Å². The van der Waals surface area contributed by atoms with Gasteiger partial charge in [-0.15, -0.1) is 6.42 Å². The van der Waals surface area contributed by atoms with E-state index in [1.807, 2.05) is 12.1 Å². The lowest BCUT2D eigenvalue weighted by Gasteiger charge is -2.11. The molecule has 6 aromatic carbocycles. The summed E-state index contributed by atoms with van der Waals surface area (Å²) in [5.74, 6) is 2.87. The van der Waals surface area contributed by atoms with Gasteiger partial charge in [0, 0.05) is 42.5 Å². The standard InChI is InChI=1S/C24H12Cl2/c1-4-12-7-14-10(2)5-13-11(3)6-16-19(26)9-17-18(25)8-15(12)22-21(14)20(13)23(16)24(17)22/h1,5-9H,2-3H3. The van der Waals surface area contributed by atoms with Gasteiger partial charge in [-0.3, -0.25) is 0 Å². The fourth-order valence-corrected chi connectivity index (χ4v) is 5.40. The predicted molar refractivity (Wildman–Crippen MR) is 115 cm³/mol.